The lowest BCUT2D eigenvalue weighted by Crippen LogP contribution is -2.50. The summed E-state index contributed by atoms with van der Waals surface area (Å²) in [6.07, 6.45) is 0.556. The molecule has 1 aromatic carbocycles. The first kappa shape index (κ1) is 15.5. The van der Waals surface area contributed by atoms with Crippen molar-refractivity contribution in [2.75, 3.05) is 6.61 Å². The van der Waals surface area contributed by atoms with E-state index >= 15 is 0 Å². The van der Waals surface area contributed by atoms with E-state index in [4.69, 9.17) is 10.5 Å². The monoisotopic (exact) mass is 315 g/mol. The minimum atomic E-state index is -4.19. The zero-order valence-corrected chi connectivity index (χ0v) is 12.3. The lowest BCUT2D eigenvalue weighted by atomic mass is 10.2. The van der Waals surface area contributed by atoms with E-state index in [2.05, 4.69) is 13.7 Å². The van der Waals surface area contributed by atoms with Crippen molar-refractivity contribution < 1.29 is 21.7 Å². The van der Waals surface area contributed by atoms with Gasteiger partial charge in [0, 0.05) is 0 Å². The van der Waals surface area contributed by atoms with E-state index in [-0.39, 0.29) is 12.6 Å². The number of hydrogen-bond donors (Lipinski definition) is 1. The van der Waals surface area contributed by atoms with E-state index in [0.29, 0.717) is 13.0 Å². The molecule has 1 atom stereocenters. The minimum Gasteiger partial charge on any atom is -0.375 e. The van der Waals surface area contributed by atoms with Crippen LogP contribution in [0.2, 0.25) is 0 Å². The van der Waals surface area contributed by atoms with Crippen molar-refractivity contribution in [1.29, 1.82) is 0 Å². The molecule has 0 spiro atoms. The summed E-state index contributed by atoms with van der Waals surface area (Å²) >= 11 is 0. The van der Waals surface area contributed by atoms with Crippen molar-refractivity contribution in [3.05, 3.63) is 35.9 Å². The molecule has 116 valence electrons. The number of rotatable bonds is 6. The Balaban J connectivity index is 1.93. The lowest BCUT2D eigenvalue weighted by molar-refractivity contribution is -0.0754. The van der Waals surface area contributed by atoms with Gasteiger partial charge in [0.15, 0.2) is 0 Å². The fraction of sp³-hybridized carbons (Fsp3) is 0.417. The molecule has 1 heterocycles. The Morgan fingerprint density at radius 3 is 2.76 bits per heavy atom. The van der Waals surface area contributed by atoms with Gasteiger partial charge in [-0.25, -0.2) is 4.28 Å². The molecular formula is C12H17N3O5S. The molecule has 1 aliphatic heterocycles. The first-order valence-electron chi connectivity index (χ1n) is 6.39. The Kier molecular flexibility index (Phi) is 4.99. The van der Waals surface area contributed by atoms with Crippen LogP contribution in [-0.4, -0.2) is 32.1 Å². The molecule has 0 aromatic heterocycles. The van der Waals surface area contributed by atoms with Gasteiger partial charge in [0.2, 0.25) is 0 Å². The molecule has 8 nitrogen and oxygen atoms in total. The highest BCUT2D eigenvalue weighted by Gasteiger charge is 2.32. The summed E-state index contributed by atoms with van der Waals surface area (Å²) in [7, 11) is -4.19. The fourth-order valence-electron chi connectivity index (χ4n) is 1.76. The zero-order valence-electron chi connectivity index (χ0n) is 11.5. The van der Waals surface area contributed by atoms with E-state index in [1.54, 1.807) is 0 Å². The summed E-state index contributed by atoms with van der Waals surface area (Å²) in [5.74, 6) is -0.167. The molecule has 0 saturated heterocycles. The normalized spacial score (nSPS) is 18.7. The van der Waals surface area contributed by atoms with Gasteiger partial charge >= 0.3 is 10.4 Å². The summed E-state index contributed by atoms with van der Waals surface area (Å²) in [5, 5.41) is 4.24. The number of nitrogens with zero attached hydrogens (tertiary/aromatic N) is 2. The largest absolute Gasteiger partial charge is 0.491 e. The highest BCUT2D eigenvalue weighted by Crippen LogP contribution is 2.15. The number of nitrogens with two attached hydrogens (primary N) is 1. The maximum absolute atomic E-state index is 11.2. The number of hydrogen-bond acceptors (Lipinski definition) is 8. The third-order valence-electron chi connectivity index (χ3n) is 2.84. The summed E-state index contributed by atoms with van der Waals surface area (Å²) in [4.78, 5) is 0. The van der Waals surface area contributed by atoms with Crippen LogP contribution in [0.15, 0.2) is 35.5 Å². The molecule has 0 saturated carbocycles. The van der Waals surface area contributed by atoms with E-state index in [9.17, 15) is 8.42 Å². The van der Waals surface area contributed by atoms with E-state index in [1.807, 2.05) is 37.3 Å². The summed E-state index contributed by atoms with van der Waals surface area (Å²) in [5.41, 5.74) is 6.58. The molecule has 1 aliphatic rings. The highest BCUT2D eigenvalue weighted by molar-refractivity contribution is 7.81. The van der Waals surface area contributed by atoms with Crippen molar-refractivity contribution in [2.45, 2.75) is 26.0 Å². The summed E-state index contributed by atoms with van der Waals surface area (Å²) in [6, 6.07) is 9.23. The van der Waals surface area contributed by atoms with E-state index < -0.39 is 16.4 Å². The van der Waals surface area contributed by atoms with Crippen LogP contribution >= 0.6 is 0 Å². The molecule has 1 unspecified atom stereocenters. The van der Waals surface area contributed by atoms with Crippen LogP contribution in [0.3, 0.4) is 0 Å². The number of guanidine groups is 1. The van der Waals surface area contributed by atoms with Crippen LogP contribution in [0.1, 0.15) is 18.9 Å². The van der Waals surface area contributed by atoms with E-state index in [1.165, 1.54) is 0 Å². The van der Waals surface area contributed by atoms with Crippen molar-refractivity contribution >= 4 is 16.4 Å². The van der Waals surface area contributed by atoms with Crippen molar-refractivity contribution in [1.82, 2.24) is 5.06 Å². The first-order valence-corrected chi connectivity index (χ1v) is 7.72. The number of oxime groups is 1. The van der Waals surface area contributed by atoms with Gasteiger partial charge in [-0.1, -0.05) is 37.3 Å². The van der Waals surface area contributed by atoms with Gasteiger partial charge in [0.25, 0.3) is 5.96 Å². The minimum absolute atomic E-state index is 0.167. The number of benzene rings is 1. The molecule has 21 heavy (non-hydrogen) atoms. The Morgan fingerprint density at radius 2 is 2.10 bits per heavy atom. The summed E-state index contributed by atoms with van der Waals surface area (Å²) < 4.78 is 36.8. The molecule has 9 heteroatoms. The molecule has 0 fully saturated rings. The second-order valence-electron chi connectivity index (χ2n) is 4.40. The van der Waals surface area contributed by atoms with Gasteiger partial charge in [-0.05, 0) is 17.1 Å². The van der Waals surface area contributed by atoms with Gasteiger partial charge in [-0.2, -0.15) is 13.5 Å². The number of ether oxygens (including phenoxy) is 1. The van der Waals surface area contributed by atoms with Crippen LogP contribution in [0, 0.1) is 0 Å². The molecule has 0 amide bonds. The first-order chi connectivity index (χ1) is 10.0. The van der Waals surface area contributed by atoms with Crippen LogP contribution in [0.25, 0.3) is 0 Å². The maximum atomic E-state index is 11.2. The Hall–Kier alpha value is -1.84. The Morgan fingerprint density at radius 1 is 1.38 bits per heavy atom. The van der Waals surface area contributed by atoms with Crippen LogP contribution in [0.4, 0.5) is 0 Å². The zero-order chi connectivity index (χ0) is 15.3. The predicted molar refractivity (Wildman–Crippen MR) is 74.7 cm³/mol. The standard InChI is InChI=1S/C12H17N3O5S/c1-2-11(9-18-8-10-6-4-3-5-7-10)15-12(13)14-19-21(16,17)20-15/h3-7,11H,2,8-9H2,1H3,(H2,13,14). The topological polar surface area (TPSA) is 103 Å². The van der Waals surface area contributed by atoms with Gasteiger partial charge in [0.05, 0.1) is 19.3 Å². The smallest absolute Gasteiger partial charge is 0.375 e. The molecule has 1 aromatic rings. The van der Waals surface area contributed by atoms with Gasteiger partial charge in [0.1, 0.15) is 0 Å². The molecule has 0 radical (unpaired) electrons. The molecular weight excluding hydrogens is 298 g/mol. The molecule has 2 rings (SSSR count). The third-order valence-corrected chi connectivity index (χ3v) is 3.44. The highest BCUT2D eigenvalue weighted by atomic mass is 32.3. The van der Waals surface area contributed by atoms with Gasteiger partial charge in [-0.15, -0.1) is 4.28 Å². The van der Waals surface area contributed by atoms with Crippen molar-refractivity contribution in [3.8, 4) is 0 Å². The van der Waals surface area contributed by atoms with Gasteiger partial charge < -0.3 is 10.5 Å². The van der Waals surface area contributed by atoms with Crippen LogP contribution < -0.4 is 5.73 Å². The maximum Gasteiger partial charge on any atom is 0.491 e. The van der Waals surface area contributed by atoms with Crippen LogP contribution in [0.5, 0.6) is 0 Å². The molecule has 0 bridgehead atoms. The number of hydroxylamine groups is 2. The second-order valence-corrected chi connectivity index (χ2v) is 5.51. The molecule has 0 aliphatic carbocycles. The SMILES string of the molecule is CCC(COCc1ccccc1)N1OS(=O)(=O)ON=C1N. The van der Waals surface area contributed by atoms with Crippen LogP contribution in [-0.2, 0) is 30.3 Å². The Bertz CT molecular complexity index is 590. The third kappa shape index (κ3) is 4.31. The lowest BCUT2D eigenvalue weighted by Gasteiger charge is -2.30. The average Bonchev–Trinajstić information content (AvgIpc) is 2.48. The second kappa shape index (κ2) is 6.74. The fourth-order valence-corrected chi connectivity index (χ4v) is 2.35. The quantitative estimate of drug-likeness (QED) is 0.825. The Labute approximate surface area is 123 Å². The predicted octanol–water partition coefficient (Wildman–Crippen LogP) is 0.720. The summed E-state index contributed by atoms with van der Waals surface area (Å²) in [6.45, 7) is 2.50. The van der Waals surface area contributed by atoms with Crippen molar-refractivity contribution in [2.24, 2.45) is 10.9 Å². The van der Waals surface area contributed by atoms with E-state index in [0.717, 1.165) is 10.6 Å². The van der Waals surface area contributed by atoms with Crippen molar-refractivity contribution in [3.63, 3.8) is 0 Å². The molecule has 2 N–H and O–H groups in total. The van der Waals surface area contributed by atoms with Gasteiger partial charge in [-0.3, -0.25) is 0 Å². The average molecular weight is 315 g/mol.